The molecule has 0 bridgehead atoms. The number of carbonyl (C=O) groups excluding carboxylic acids is 2. The number of anilines is 1. The lowest BCUT2D eigenvalue weighted by atomic mass is 10.0. The van der Waals surface area contributed by atoms with E-state index in [0.717, 1.165) is 33.5 Å². The quantitative estimate of drug-likeness (QED) is 0.316. The Bertz CT molecular complexity index is 1490. The Morgan fingerprint density at radius 2 is 1.57 bits per heavy atom. The number of aromatic nitrogens is 2. The average Bonchev–Trinajstić information content (AvgIpc) is 3.32. The van der Waals surface area contributed by atoms with Crippen LogP contribution >= 0.6 is 0 Å². The number of imidazole rings is 1. The van der Waals surface area contributed by atoms with Crippen molar-refractivity contribution in [2.45, 2.75) is 0 Å². The van der Waals surface area contributed by atoms with Crippen LogP contribution in [0.1, 0.15) is 10.4 Å². The summed E-state index contributed by atoms with van der Waals surface area (Å²) in [6.07, 6.45) is 0. The second-order valence-corrected chi connectivity index (χ2v) is 7.96. The highest BCUT2D eigenvalue weighted by Crippen LogP contribution is 2.27. The van der Waals surface area contributed by atoms with Gasteiger partial charge in [0.2, 0.25) is 0 Å². The number of para-hydroxylation sites is 3. The van der Waals surface area contributed by atoms with Crippen LogP contribution in [0.15, 0.2) is 97.1 Å². The van der Waals surface area contributed by atoms with Crippen molar-refractivity contribution in [3.63, 3.8) is 0 Å². The van der Waals surface area contributed by atoms with Crippen LogP contribution in [0.3, 0.4) is 0 Å². The van der Waals surface area contributed by atoms with Gasteiger partial charge in [-0.1, -0.05) is 60.7 Å². The summed E-state index contributed by atoms with van der Waals surface area (Å²) < 4.78 is 5.50. The second kappa shape index (κ2) is 9.52. The van der Waals surface area contributed by atoms with Crippen LogP contribution in [0.25, 0.3) is 33.5 Å². The van der Waals surface area contributed by atoms with Gasteiger partial charge in [-0.3, -0.25) is 9.59 Å². The Morgan fingerprint density at radius 1 is 0.829 bits per heavy atom. The summed E-state index contributed by atoms with van der Waals surface area (Å²) in [6, 6.07) is 30.1. The van der Waals surface area contributed by atoms with Gasteiger partial charge in [0.05, 0.1) is 16.6 Å². The lowest BCUT2D eigenvalue weighted by Gasteiger charge is -2.11. The molecule has 0 spiro atoms. The summed E-state index contributed by atoms with van der Waals surface area (Å²) in [5, 5.41) is 2.83. The van der Waals surface area contributed by atoms with Crippen molar-refractivity contribution in [3.8, 4) is 28.3 Å². The van der Waals surface area contributed by atoms with Crippen molar-refractivity contribution in [1.29, 1.82) is 0 Å². The smallest absolute Gasteiger partial charge is 0.262 e. The minimum absolute atomic E-state index is 0.230. The Morgan fingerprint density at radius 3 is 2.37 bits per heavy atom. The van der Waals surface area contributed by atoms with Crippen molar-refractivity contribution < 1.29 is 14.3 Å². The first kappa shape index (κ1) is 21.9. The number of hydrogen-bond donors (Lipinski definition) is 3. The van der Waals surface area contributed by atoms with Crippen LogP contribution in [0, 0.1) is 0 Å². The fourth-order valence-corrected chi connectivity index (χ4v) is 3.82. The van der Waals surface area contributed by atoms with Crippen molar-refractivity contribution in [1.82, 2.24) is 9.97 Å². The predicted octanol–water partition coefficient (Wildman–Crippen LogP) is 5.01. The SMILES string of the molecule is NC(=O)c1ccccc1OCC(=O)Nc1cccc(-c2ccc(-c3nc4ccccc4[nH]3)cc2)c1. The first-order valence-corrected chi connectivity index (χ1v) is 11.0. The molecule has 4 aromatic carbocycles. The molecule has 0 aliphatic carbocycles. The van der Waals surface area contributed by atoms with Gasteiger partial charge in [0.25, 0.3) is 11.8 Å². The van der Waals surface area contributed by atoms with Gasteiger partial charge in [0.15, 0.2) is 6.61 Å². The van der Waals surface area contributed by atoms with E-state index in [9.17, 15) is 9.59 Å². The normalized spacial score (nSPS) is 10.7. The highest BCUT2D eigenvalue weighted by Gasteiger charge is 2.11. The number of primary amides is 1. The number of ether oxygens (including phenoxy) is 1. The summed E-state index contributed by atoms with van der Waals surface area (Å²) in [6.45, 7) is -0.249. The van der Waals surface area contributed by atoms with Crippen LogP contribution in [-0.4, -0.2) is 28.4 Å². The number of hydrogen-bond acceptors (Lipinski definition) is 4. The zero-order valence-corrected chi connectivity index (χ0v) is 18.7. The number of nitrogens with two attached hydrogens (primary N) is 1. The molecular weight excluding hydrogens is 440 g/mol. The maximum absolute atomic E-state index is 12.4. The number of carbonyl (C=O) groups is 2. The molecule has 5 aromatic rings. The number of nitrogens with one attached hydrogen (secondary N) is 2. The predicted molar refractivity (Wildman–Crippen MR) is 136 cm³/mol. The third-order valence-electron chi connectivity index (χ3n) is 5.54. The Kier molecular flexibility index (Phi) is 5.96. The van der Waals surface area contributed by atoms with Crippen LogP contribution in [0.2, 0.25) is 0 Å². The van der Waals surface area contributed by atoms with Crippen LogP contribution in [0.4, 0.5) is 5.69 Å². The van der Waals surface area contributed by atoms with Crippen molar-refractivity contribution in [3.05, 3.63) is 103 Å². The van der Waals surface area contributed by atoms with Gasteiger partial charge in [-0.05, 0) is 47.5 Å². The fraction of sp³-hybridized carbons (Fsp3) is 0.0357. The van der Waals surface area contributed by atoms with Crippen LogP contribution < -0.4 is 15.8 Å². The minimum atomic E-state index is -0.611. The molecule has 0 saturated carbocycles. The highest BCUT2D eigenvalue weighted by molar-refractivity contribution is 5.96. The molecule has 0 atom stereocenters. The van der Waals surface area contributed by atoms with Gasteiger partial charge in [-0.25, -0.2) is 4.98 Å². The second-order valence-electron chi connectivity index (χ2n) is 7.96. The van der Waals surface area contributed by atoms with E-state index in [4.69, 9.17) is 10.5 Å². The zero-order chi connectivity index (χ0) is 24.2. The average molecular weight is 463 g/mol. The number of amides is 2. The van der Waals surface area contributed by atoms with E-state index in [0.29, 0.717) is 5.69 Å². The molecule has 0 radical (unpaired) electrons. The van der Waals surface area contributed by atoms with Crippen molar-refractivity contribution in [2.75, 3.05) is 11.9 Å². The molecule has 172 valence electrons. The number of aromatic amines is 1. The third-order valence-corrected chi connectivity index (χ3v) is 5.54. The van der Waals surface area contributed by atoms with E-state index >= 15 is 0 Å². The molecule has 1 aromatic heterocycles. The van der Waals surface area contributed by atoms with Gasteiger partial charge >= 0.3 is 0 Å². The number of rotatable bonds is 7. The molecule has 7 heteroatoms. The topological polar surface area (TPSA) is 110 Å². The molecule has 35 heavy (non-hydrogen) atoms. The first-order chi connectivity index (χ1) is 17.1. The molecule has 0 aliphatic rings. The molecule has 0 unspecified atom stereocenters. The van der Waals surface area contributed by atoms with E-state index in [1.54, 1.807) is 24.3 Å². The molecule has 1 heterocycles. The summed E-state index contributed by atoms with van der Waals surface area (Å²) in [5.74, 6) is 0.131. The number of fused-ring (bicyclic) bond motifs is 1. The van der Waals surface area contributed by atoms with E-state index in [1.165, 1.54) is 0 Å². The van der Waals surface area contributed by atoms with E-state index in [1.807, 2.05) is 72.8 Å². The minimum Gasteiger partial charge on any atom is -0.483 e. The van der Waals surface area contributed by atoms with Crippen molar-refractivity contribution >= 4 is 28.5 Å². The first-order valence-electron chi connectivity index (χ1n) is 11.0. The van der Waals surface area contributed by atoms with E-state index < -0.39 is 5.91 Å². The number of benzene rings is 4. The Balaban J connectivity index is 1.26. The van der Waals surface area contributed by atoms with Crippen molar-refractivity contribution in [2.24, 2.45) is 5.73 Å². The van der Waals surface area contributed by atoms with E-state index in [2.05, 4.69) is 15.3 Å². The monoisotopic (exact) mass is 462 g/mol. The maximum atomic E-state index is 12.4. The summed E-state index contributed by atoms with van der Waals surface area (Å²) in [4.78, 5) is 31.9. The molecule has 4 N–H and O–H groups in total. The lowest BCUT2D eigenvalue weighted by molar-refractivity contribution is -0.118. The summed E-state index contributed by atoms with van der Waals surface area (Å²) in [5.41, 5.74) is 11.1. The third kappa shape index (κ3) is 4.89. The van der Waals surface area contributed by atoms with Crippen LogP contribution in [-0.2, 0) is 4.79 Å². The zero-order valence-electron chi connectivity index (χ0n) is 18.7. The molecular formula is C28H22N4O3. The highest BCUT2D eigenvalue weighted by atomic mass is 16.5. The molecule has 7 nitrogen and oxygen atoms in total. The fourth-order valence-electron chi connectivity index (χ4n) is 3.82. The Labute approximate surface area is 201 Å². The van der Waals surface area contributed by atoms with Gasteiger partial charge in [-0.2, -0.15) is 0 Å². The molecule has 0 saturated heterocycles. The molecule has 0 aliphatic heterocycles. The number of H-pyrrole nitrogens is 1. The van der Waals surface area contributed by atoms with Gasteiger partial charge in [0.1, 0.15) is 11.6 Å². The van der Waals surface area contributed by atoms with E-state index in [-0.39, 0.29) is 23.8 Å². The molecule has 5 rings (SSSR count). The molecule has 2 amide bonds. The number of nitrogens with zero attached hydrogens (tertiary/aromatic N) is 1. The molecule has 0 fully saturated rings. The van der Waals surface area contributed by atoms with Gasteiger partial charge < -0.3 is 20.8 Å². The largest absolute Gasteiger partial charge is 0.483 e. The van der Waals surface area contributed by atoms with Gasteiger partial charge in [-0.15, -0.1) is 0 Å². The van der Waals surface area contributed by atoms with Crippen LogP contribution in [0.5, 0.6) is 5.75 Å². The Hall–Kier alpha value is -4.91. The van der Waals surface area contributed by atoms with Gasteiger partial charge in [0, 0.05) is 11.3 Å². The lowest BCUT2D eigenvalue weighted by Crippen LogP contribution is -2.21. The standard InChI is InChI=1S/C28H22N4O3/c29-27(34)22-8-1-4-11-25(22)35-17-26(33)30-21-7-5-6-20(16-21)18-12-14-19(15-13-18)28-31-23-9-2-3-10-24(23)32-28/h1-16H,17H2,(H2,29,34)(H,30,33)(H,31,32). The summed E-state index contributed by atoms with van der Waals surface area (Å²) in [7, 11) is 0. The summed E-state index contributed by atoms with van der Waals surface area (Å²) >= 11 is 0. The maximum Gasteiger partial charge on any atom is 0.262 e.